The number of aryl methyl sites for hydroxylation is 1. The van der Waals surface area contributed by atoms with Crippen molar-refractivity contribution in [2.45, 2.75) is 26.2 Å². The van der Waals surface area contributed by atoms with Gasteiger partial charge in [-0.2, -0.15) is 0 Å². The second-order valence-corrected chi connectivity index (χ2v) is 4.93. The van der Waals surface area contributed by atoms with Crippen molar-refractivity contribution in [3.8, 4) is 0 Å². The summed E-state index contributed by atoms with van der Waals surface area (Å²) in [5, 5.41) is 0. The normalized spacial score (nSPS) is 17.0. The van der Waals surface area contributed by atoms with Crippen LogP contribution in [0.4, 0.5) is 0 Å². The van der Waals surface area contributed by atoms with Crippen molar-refractivity contribution in [3.63, 3.8) is 0 Å². The molecule has 3 nitrogen and oxygen atoms in total. The van der Waals surface area contributed by atoms with Crippen molar-refractivity contribution in [1.29, 1.82) is 0 Å². The number of aromatic amines is 1. The predicted octanol–water partition coefficient (Wildman–Crippen LogP) is 2.51. The van der Waals surface area contributed by atoms with Gasteiger partial charge in [0.1, 0.15) is 5.82 Å². The van der Waals surface area contributed by atoms with E-state index in [1.165, 1.54) is 43.6 Å². The molecule has 0 spiro atoms. The maximum absolute atomic E-state index is 4.58. The molecule has 0 saturated carbocycles. The average Bonchev–Trinajstić information content (AvgIpc) is 2.93. The molecule has 0 bridgehead atoms. The lowest BCUT2D eigenvalue weighted by atomic mass is 10.1. The molecule has 0 amide bonds. The number of para-hydroxylation sites is 1. The number of nitrogens with zero attached hydrogens (tertiary/aromatic N) is 2. The zero-order chi connectivity index (χ0) is 11.7. The van der Waals surface area contributed by atoms with Gasteiger partial charge in [-0.15, -0.1) is 0 Å². The molecule has 2 aromatic rings. The minimum atomic E-state index is 1.01. The largest absolute Gasteiger partial charge is 0.342 e. The van der Waals surface area contributed by atoms with Crippen LogP contribution in [-0.2, 0) is 6.42 Å². The van der Waals surface area contributed by atoms with Gasteiger partial charge in [0, 0.05) is 6.54 Å². The van der Waals surface area contributed by atoms with Crippen LogP contribution in [0.1, 0.15) is 24.2 Å². The maximum Gasteiger partial charge on any atom is 0.104 e. The van der Waals surface area contributed by atoms with Gasteiger partial charge in [-0.25, -0.2) is 4.98 Å². The summed E-state index contributed by atoms with van der Waals surface area (Å²) in [6.07, 6.45) is 3.85. The van der Waals surface area contributed by atoms with Gasteiger partial charge in [0.05, 0.1) is 11.0 Å². The van der Waals surface area contributed by atoms with E-state index < -0.39 is 0 Å². The number of imidazole rings is 1. The molecular formula is C14H19N3. The van der Waals surface area contributed by atoms with Crippen LogP contribution in [0.25, 0.3) is 11.0 Å². The number of hydrogen-bond acceptors (Lipinski definition) is 2. The van der Waals surface area contributed by atoms with Crippen molar-refractivity contribution in [3.05, 3.63) is 29.6 Å². The molecule has 17 heavy (non-hydrogen) atoms. The Bertz CT molecular complexity index is 509. The highest BCUT2D eigenvalue weighted by molar-refractivity contribution is 5.78. The Hall–Kier alpha value is -1.35. The molecule has 0 aliphatic carbocycles. The third-order valence-electron chi connectivity index (χ3n) is 3.61. The molecule has 1 aliphatic heterocycles. The van der Waals surface area contributed by atoms with E-state index in [9.17, 15) is 0 Å². The Kier molecular flexibility index (Phi) is 2.85. The number of rotatable bonds is 3. The molecule has 3 rings (SSSR count). The number of fused-ring (bicyclic) bond motifs is 1. The Balaban J connectivity index is 1.79. The van der Waals surface area contributed by atoms with Crippen molar-refractivity contribution in [2.24, 2.45) is 0 Å². The third-order valence-corrected chi connectivity index (χ3v) is 3.61. The van der Waals surface area contributed by atoms with Crippen LogP contribution in [0.5, 0.6) is 0 Å². The SMILES string of the molecule is Cc1nc2c(CCN3CCCC3)cccc2[nH]1. The van der Waals surface area contributed by atoms with Gasteiger partial charge < -0.3 is 9.88 Å². The van der Waals surface area contributed by atoms with Gasteiger partial charge in [-0.1, -0.05) is 12.1 Å². The molecule has 1 N–H and O–H groups in total. The molecular weight excluding hydrogens is 210 g/mol. The summed E-state index contributed by atoms with van der Waals surface area (Å²) < 4.78 is 0. The van der Waals surface area contributed by atoms with Crippen LogP contribution in [0, 0.1) is 6.92 Å². The van der Waals surface area contributed by atoms with Crippen LogP contribution >= 0.6 is 0 Å². The molecule has 1 aromatic carbocycles. The van der Waals surface area contributed by atoms with Crippen LogP contribution in [0.2, 0.25) is 0 Å². The minimum absolute atomic E-state index is 1.01. The lowest BCUT2D eigenvalue weighted by molar-refractivity contribution is 0.344. The number of hydrogen-bond donors (Lipinski definition) is 1. The molecule has 90 valence electrons. The maximum atomic E-state index is 4.58. The molecule has 0 radical (unpaired) electrons. The smallest absolute Gasteiger partial charge is 0.104 e. The number of H-pyrrole nitrogens is 1. The molecule has 3 heteroatoms. The van der Waals surface area contributed by atoms with Gasteiger partial charge in [0.25, 0.3) is 0 Å². The summed E-state index contributed by atoms with van der Waals surface area (Å²) in [6.45, 7) is 5.74. The molecule has 2 heterocycles. The highest BCUT2D eigenvalue weighted by atomic mass is 15.1. The summed E-state index contributed by atoms with van der Waals surface area (Å²) in [5.74, 6) is 1.01. The number of aromatic nitrogens is 2. The summed E-state index contributed by atoms with van der Waals surface area (Å²) in [5.41, 5.74) is 3.70. The van der Waals surface area contributed by atoms with Crippen molar-refractivity contribution in [1.82, 2.24) is 14.9 Å². The van der Waals surface area contributed by atoms with E-state index in [-0.39, 0.29) is 0 Å². The lowest BCUT2D eigenvalue weighted by Gasteiger charge is -2.14. The second-order valence-electron chi connectivity index (χ2n) is 4.93. The van der Waals surface area contributed by atoms with Gasteiger partial charge in [0.15, 0.2) is 0 Å². The van der Waals surface area contributed by atoms with Crippen molar-refractivity contribution >= 4 is 11.0 Å². The highest BCUT2D eigenvalue weighted by Crippen LogP contribution is 2.18. The average molecular weight is 229 g/mol. The van der Waals surface area contributed by atoms with E-state index in [0.717, 1.165) is 17.8 Å². The van der Waals surface area contributed by atoms with E-state index in [1.807, 2.05) is 6.92 Å². The lowest BCUT2D eigenvalue weighted by Crippen LogP contribution is -2.21. The molecule has 0 unspecified atom stereocenters. The third kappa shape index (κ3) is 2.20. The quantitative estimate of drug-likeness (QED) is 0.877. The zero-order valence-electron chi connectivity index (χ0n) is 10.4. The van der Waals surface area contributed by atoms with Gasteiger partial charge in [-0.3, -0.25) is 0 Å². The summed E-state index contributed by atoms with van der Waals surface area (Å²) in [6, 6.07) is 6.44. The minimum Gasteiger partial charge on any atom is -0.342 e. The van der Waals surface area contributed by atoms with Crippen LogP contribution in [-0.4, -0.2) is 34.5 Å². The molecule has 1 fully saturated rings. The van der Waals surface area contributed by atoms with Crippen molar-refractivity contribution in [2.75, 3.05) is 19.6 Å². The standard InChI is InChI=1S/C14H19N3/c1-11-15-13-6-4-5-12(14(13)16-11)7-10-17-8-2-3-9-17/h4-6H,2-3,7-10H2,1H3,(H,15,16). The predicted molar refractivity (Wildman–Crippen MR) is 70.2 cm³/mol. The number of benzene rings is 1. The van der Waals surface area contributed by atoms with E-state index in [2.05, 4.69) is 33.1 Å². The van der Waals surface area contributed by atoms with E-state index in [1.54, 1.807) is 0 Å². The summed E-state index contributed by atoms with van der Waals surface area (Å²) >= 11 is 0. The summed E-state index contributed by atoms with van der Waals surface area (Å²) in [4.78, 5) is 10.4. The fourth-order valence-corrected chi connectivity index (χ4v) is 2.70. The van der Waals surface area contributed by atoms with Crippen LogP contribution < -0.4 is 0 Å². The van der Waals surface area contributed by atoms with E-state index in [4.69, 9.17) is 0 Å². The Morgan fingerprint density at radius 2 is 2.12 bits per heavy atom. The molecule has 1 saturated heterocycles. The fraction of sp³-hybridized carbons (Fsp3) is 0.500. The zero-order valence-corrected chi connectivity index (χ0v) is 10.4. The van der Waals surface area contributed by atoms with E-state index >= 15 is 0 Å². The molecule has 0 atom stereocenters. The van der Waals surface area contributed by atoms with Gasteiger partial charge in [-0.05, 0) is 50.9 Å². The summed E-state index contributed by atoms with van der Waals surface area (Å²) in [7, 11) is 0. The van der Waals surface area contributed by atoms with Gasteiger partial charge in [0.2, 0.25) is 0 Å². The fourth-order valence-electron chi connectivity index (χ4n) is 2.70. The molecule has 1 aliphatic rings. The number of nitrogens with one attached hydrogen (secondary N) is 1. The monoisotopic (exact) mass is 229 g/mol. The first kappa shape index (κ1) is 10.8. The highest BCUT2D eigenvalue weighted by Gasteiger charge is 2.12. The Morgan fingerprint density at radius 3 is 2.94 bits per heavy atom. The Morgan fingerprint density at radius 1 is 1.29 bits per heavy atom. The van der Waals surface area contributed by atoms with Crippen LogP contribution in [0.15, 0.2) is 18.2 Å². The van der Waals surface area contributed by atoms with Gasteiger partial charge >= 0.3 is 0 Å². The first-order valence-corrected chi connectivity index (χ1v) is 6.49. The van der Waals surface area contributed by atoms with Crippen LogP contribution in [0.3, 0.4) is 0 Å². The topological polar surface area (TPSA) is 31.9 Å². The van der Waals surface area contributed by atoms with E-state index in [0.29, 0.717) is 0 Å². The van der Waals surface area contributed by atoms with Crippen molar-refractivity contribution < 1.29 is 0 Å². The number of likely N-dealkylation sites (tertiary alicyclic amines) is 1. The Labute approximate surface area is 102 Å². The first-order valence-electron chi connectivity index (χ1n) is 6.49. The molecule has 1 aromatic heterocycles. The first-order chi connectivity index (χ1) is 8.33. The second kappa shape index (κ2) is 4.49.